The van der Waals surface area contributed by atoms with E-state index in [1.54, 1.807) is 22.7 Å². The number of fused-ring (bicyclic) bond motifs is 1. The topological polar surface area (TPSA) is 118 Å². The van der Waals surface area contributed by atoms with E-state index < -0.39 is 16.1 Å². The van der Waals surface area contributed by atoms with Crippen LogP contribution in [0.5, 0.6) is 0 Å². The number of carbonyl (C=O) groups is 1. The van der Waals surface area contributed by atoms with E-state index in [2.05, 4.69) is 10.3 Å². The maximum atomic E-state index is 12.7. The Hall–Kier alpha value is -1.56. The third kappa shape index (κ3) is 5.97. The smallest absolute Gasteiger partial charge is 0.222 e. The molecule has 2 rings (SSSR count). The molecule has 1 aliphatic rings. The van der Waals surface area contributed by atoms with Crippen LogP contribution in [0.25, 0.3) is 0 Å². The molecule has 1 aromatic rings. The van der Waals surface area contributed by atoms with Gasteiger partial charge in [-0.25, -0.2) is 17.4 Å². The van der Waals surface area contributed by atoms with Gasteiger partial charge in [0.05, 0.1) is 43.5 Å². The molecule has 0 unspecified atom stereocenters. The monoisotopic (exact) mass is 417 g/mol. The number of likely N-dealkylation sites (N-methyl/N-ethyl adjacent to an activating group) is 1. The van der Waals surface area contributed by atoms with E-state index in [0.717, 1.165) is 11.9 Å². The lowest BCUT2D eigenvalue weighted by atomic mass is 10.0. The number of nitrogens with zero attached hydrogens (tertiary/aromatic N) is 5. The van der Waals surface area contributed by atoms with Gasteiger partial charge in [-0.2, -0.15) is 0 Å². The van der Waals surface area contributed by atoms with Gasteiger partial charge in [0.2, 0.25) is 15.9 Å². The first-order valence-corrected chi connectivity index (χ1v) is 11.3. The number of aromatic nitrogens is 3. The van der Waals surface area contributed by atoms with E-state index in [0.29, 0.717) is 25.9 Å². The molecule has 0 spiro atoms. The molecule has 0 aliphatic carbocycles. The summed E-state index contributed by atoms with van der Waals surface area (Å²) in [6, 6.07) is -0.326. The van der Waals surface area contributed by atoms with E-state index in [9.17, 15) is 18.3 Å². The number of rotatable bonds is 5. The highest BCUT2D eigenvalue weighted by Gasteiger charge is 2.29. The number of hydrogen-bond donors (Lipinski definition) is 1. The summed E-state index contributed by atoms with van der Waals surface area (Å²) in [6.45, 7) is 4.91. The largest absolute Gasteiger partial charge is 0.394 e. The van der Waals surface area contributed by atoms with Crippen LogP contribution in [0.4, 0.5) is 0 Å². The Morgan fingerprint density at radius 1 is 1.46 bits per heavy atom. The molecule has 0 saturated heterocycles. The SMILES string of the molecule is C[C@H]1CN([C@@H](C)CO)C(=O)CCCn2nncc2CO[C@H]1CN(C)S(C)(=O)=O. The Kier molecular flexibility index (Phi) is 7.93. The summed E-state index contributed by atoms with van der Waals surface area (Å²) < 4.78 is 32.8. The number of aliphatic hydroxyl groups excluding tert-OH is 1. The highest BCUT2D eigenvalue weighted by Crippen LogP contribution is 2.18. The Morgan fingerprint density at radius 2 is 2.18 bits per heavy atom. The molecule has 1 amide bonds. The summed E-state index contributed by atoms with van der Waals surface area (Å²) in [5.74, 6) is -0.197. The molecule has 11 heteroatoms. The third-order valence-corrected chi connectivity index (χ3v) is 6.42. The molecular formula is C17H31N5O5S. The predicted molar refractivity (Wildman–Crippen MR) is 103 cm³/mol. The van der Waals surface area contributed by atoms with Crippen LogP contribution in [0, 0.1) is 5.92 Å². The van der Waals surface area contributed by atoms with Crippen molar-refractivity contribution in [1.29, 1.82) is 0 Å². The van der Waals surface area contributed by atoms with E-state index in [4.69, 9.17) is 4.74 Å². The fraction of sp³-hybridized carbons (Fsp3) is 0.824. The second kappa shape index (κ2) is 9.77. The molecule has 0 radical (unpaired) electrons. The van der Waals surface area contributed by atoms with Gasteiger partial charge in [0.15, 0.2) is 0 Å². The lowest BCUT2D eigenvalue weighted by molar-refractivity contribution is -0.136. The molecule has 3 atom stereocenters. The predicted octanol–water partition coefficient (Wildman–Crippen LogP) is -0.306. The minimum Gasteiger partial charge on any atom is -0.394 e. The molecule has 1 N–H and O–H groups in total. The van der Waals surface area contributed by atoms with Crippen molar-refractivity contribution in [3.05, 3.63) is 11.9 Å². The quantitative estimate of drug-likeness (QED) is 0.698. The second-order valence-electron chi connectivity index (χ2n) is 7.50. The van der Waals surface area contributed by atoms with Gasteiger partial charge in [0, 0.05) is 39.0 Å². The van der Waals surface area contributed by atoms with Gasteiger partial charge in [-0.05, 0) is 13.3 Å². The minimum absolute atomic E-state index is 0.0501. The van der Waals surface area contributed by atoms with E-state index in [1.165, 1.54) is 11.4 Å². The van der Waals surface area contributed by atoms with Gasteiger partial charge in [0.25, 0.3) is 0 Å². The van der Waals surface area contributed by atoms with Crippen LogP contribution in [0.3, 0.4) is 0 Å². The summed E-state index contributed by atoms with van der Waals surface area (Å²) in [4.78, 5) is 14.4. The van der Waals surface area contributed by atoms with Crippen molar-refractivity contribution in [2.75, 3.05) is 33.0 Å². The Balaban J connectivity index is 2.29. The normalized spacial score (nSPS) is 23.8. The van der Waals surface area contributed by atoms with E-state index in [-0.39, 0.29) is 37.6 Å². The maximum absolute atomic E-state index is 12.7. The van der Waals surface area contributed by atoms with Crippen LogP contribution in [0.2, 0.25) is 0 Å². The van der Waals surface area contributed by atoms with Crippen molar-refractivity contribution >= 4 is 15.9 Å². The van der Waals surface area contributed by atoms with Gasteiger partial charge < -0.3 is 14.7 Å². The molecule has 0 fully saturated rings. The van der Waals surface area contributed by atoms with E-state index >= 15 is 0 Å². The number of hydrogen-bond acceptors (Lipinski definition) is 7. The minimum atomic E-state index is -3.37. The first-order chi connectivity index (χ1) is 13.1. The summed E-state index contributed by atoms with van der Waals surface area (Å²) in [6.07, 6.45) is 3.28. The Labute approximate surface area is 166 Å². The summed E-state index contributed by atoms with van der Waals surface area (Å²) in [5, 5.41) is 17.5. The zero-order valence-corrected chi connectivity index (χ0v) is 17.8. The van der Waals surface area contributed by atoms with Crippen LogP contribution >= 0.6 is 0 Å². The average Bonchev–Trinajstić information content (AvgIpc) is 3.07. The van der Waals surface area contributed by atoms with Gasteiger partial charge >= 0.3 is 0 Å². The molecule has 0 saturated carbocycles. The van der Waals surface area contributed by atoms with Crippen molar-refractivity contribution in [2.45, 2.75) is 52.0 Å². The number of ether oxygens (including phenoxy) is 1. The van der Waals surface area contributed by atoms with Crippen molar-refractivity contribution in [3.8, 4) is 0 Å². The van der Waals surface area contributed by atoms with Gasteiger partial charge in [-0.3, -0.25) is 4.79 Å². The molecule has 10 nitrogen and oxygen atoms in total. The Bertz CT molecular complexity index is 753. The molecule has 1 aromatic heterocycles. The van der Waals surface area contributed by atoms with Crippen LogP contribution in [-0.4, -0.2) is 88.8 Å². The van der Waals surface area contributed by atoms with Crippen molar-refractivity contribution in [1.82, 2.24) is 24.2 Å². The van der Waals surface area contributed by atoms with Gasteiger partial charge in [0.1, 0.15) is 0 Å². The maximum Gasteiger partial charge on any atom is 0.222 e. The van der Waals surface area contributed by atoms with Crippen LogP contribution in [-0.2, 0) is 32.7 Å². The second-order valence-corrected chi connectivity index (χ2v) is 9.59. The third-order valence-electron chi connectivity index (χ3n) is 5.14. The number of aliphatic hydroxyl groups is 1. The van der Waals surface area contributed by atoms with E-state index in [1.807, 2.05) is 6.92 Å². The molecule has 0 aromatic carbocycles. The zero-order valence-electron chi connectivity index (χ0n) is 17.0. The van der Waals surface area contributed by atoms with Gasteiger partial charge in [-0.15, -0.1) is 5.10 Å². The first kappa shape index (κ1) is 22.7. The number of aryl methyl sites for hydroxylation is 1. The zero-order chi connectivity index (χ0) is 20.9. The molecule has 1 aliphatic heterocycles. The fourth-order valence-corrected chi connectivity index (χ4v) is 3.55. The summed E-state index contributed by atoms with van der Waals surface area (Å²) in [7, 11) is -1.86. The number of amides is 1. The highest BCUT2D eigenvalue weighted by atomic mass is 32.2. The Morgan fingerprint density at radius 3 is 2.82 bits per heavy atom. The highest BCUT2D eigenvalue weighted by molar-refractivity contribution is 7.88. The van der Waals surface area contributed by atoms with Crippen molar-refractivity contribution < 1.29 is 23.1 Å². The number of carbonyl (C=O) groups excluding carboxylic acids is 1. The van der Waals surface area contributed by atoms with Crippen LogP contribution in [0.1, 0.15) is 32.4 Å². The lowest BCUT2D eigenvalue weighted by Gasteiger charge is -2.35. The standard InChI is InChI=1S/C17H31N5O5S/c1-13-9-21(14(2)11-23)17(24)6-5-7-22-15(8-18-19-22)12-27-16(13)10-20(3)28(4,25)26/h8,13-14,16,23H,5-7,9-12H2,1-4H3/t13-,14-,16-/m0/s1. The lowest BCUT2D eigenvalue weighted by Crippen LogP contribution is -2.47. The van der Waals surface area contributed by atoms with Crippen molar-refractivity contribution in [3.63, 3.8) is 0 Å². The van der Waals surface area contributed by atoms with Crippen LogP contribution < -0.4 is 0 Å². The molecule has 2 heterocycles. The van der Waals surface area contributed by atoms with Crippen LogP contribution in [0.15, 0.2) is 6.20 Å². The van der Waals surface area contributed by atoms with Crippen molar-refractivity contribution in [2.24, 2.45) is 5.92 Å². The average molecular weight is 418 g/mol. The number of sulfonamides is 1. The molecule has 0 bridgehead atoms. The molecule has 160 valence electrons. The molecule has 28 heavy (non-hydrogen) atoms. The summed E-state index contributed by atoms with van der Waals surface area (Å²) in [5.41, 5.74) is 0.785. The van der Waals surface area contributed by atoms with Gasteiger partial charge in [-0.1, -0.05) is 12.1 Å². The molecular weight excluding hydrogens is 386 g/mol. The summed E-state index contributed by atoms with van der Waals surface area (Å²) >= 11 is 0. The first-order valence-electron chi connectivity index (χ1n) is 9.44. The fourth-order valence-electron chi connectivity index (χ4n) is 3.13.